The van der Waals surface area contributed by atoms with Crippen molar-refractivity contribution < 1.29 is 9.59 Å². The van der Waals surface area contributed by atoms with Gasteiger partial charge >= 0.3 is 0 Å². The predicted molar refractivity (Wildman–Crippen MR) is 61.6 cm³/mol. The molecule has 1 fully saturated rings. The normalized spacial score (nSPS) is 20.6. The summed E-state index contributed by atoms with van der Waals surface area (Å²) in [6, 6.07) is 0. The van der Waals surface area contributed by atoms with Gasteiger partial charge in [-0.25, -0.2) is 0 Å². The molecule has 1 aliphatic heterocycles. The third-order valence-corrected chi connectivity index (χ3v) is 3.19. The number of nitrogens with one attached hydrogen (secondary N) is 1. The van der Waals surface area contributed by atoms with Gasteiger partial charge in [-0.1, -0.05) is 0 Å². The number of hydrogen-bond donors (Lipinski definition) is 2. The zero-order valence-electron chi connectivity index (χ0n) is 10.5. The second-order valence-electron chi connectivity index (χ2n) is 5.36. The van der Waals surface area contributed by atoms with Crippen LogP contribution in [0.25, 0.3) is 0 Å². The molecule has 0 aromatic carbocycles. The Morgan fingerprint density at radius 2 is 2.12 bits per heavy atom. The first kappa shape index (κ1) is 13.0. The maximum absolute atomic E-state index is 12.3. The quantitative estimate of drug-likeness (QED) is 0.680. The van der Waals surface area contributed by atoms with Crippen molar-refractivity contribution in [1.29, 1.82) is 0 Å². The molecule has 5 heteroatoms. The van der Waals surface area contributed by atoms with Gasteiger partial charge in [-0.05, 0) is 27.7 Å². The van der Waals surface area contributed by atoms with E-state index in [4.69, 9.17) is 5.73 Å². The summed E-state index contributed by atoms with van der Waals surface area (Å²) in [5.41, 5.74) is 4.18. The van der Waals surface area contributed by atoms with Gasteiger partial charge in [-0.3, -0.25) is 9.59 Å². The van der Waals surface area contributed by atoms with Crippen LogP contribution in [-0.4, -0.2) is 41.9 Å². The SMILES string of the molecule is CC(C)(CN)C(=O)N1CCNC(=O)C1(C)C. The van der Waals surface area contributed by atoms with Crippen molar-refractivity contribution in [2.24, 2.45) is 11.1 Å². The average Bonchev–Trinajstić information content (AvgIpc) is 2.21. The van der Waals surface area contributed by atoms with E-state index in [9.17, 15) is 9.59 Å². The lowest BCUT2D eigenvalue weighted by Gasteiger charge is -2.44. The number of carbonyl (C=O) groups excluding carboxylic acids is 2. The zero-order chi connectivity index (χ0) is 12.6. The zero-order valence-corrected chi connectivity index (χ0v) is 10.5. The van der Waals surface area contributed by atoms with Gasteiger partial charge in [0.15, 0.2) is 0 Å². The van der Waals surface area contributed by atoms with Crippen molar-refractivity contribution in [2.45, 2.75) is 33.2 Å². The summed E-state index contributed by atoms with van der Waals surface area (Å²) >= 11 is 0. The van der Waals surface area contributed by atoms with Gasteiger partial charge in [0.05, 0.1) is 5.41 Å². The summed E-state index contributed by atoms with van der Waals surface area (Å²) in [7, 11) is 0. The van der Waals surface area contributed by atoms with Crippen LogP contribution in [0, 0.1) is 5.41 Å². The van der Waals surface area contributed by atoms with E-state index in [1.165, 1.54) is 0 Å². The van der Waals surface area contributed by atoms with Crippen LogP contribution >= 0.6 is 0 Å². The molecule has 2 amide bonds. The van der Waals surface area contributed by atoms with E-state index >= 15 is 0 Å². The molecular formula is C11H21N3O2. The van der Waals surface area contributed by atoms with E-state index < -0.39 is 11.0 Å². The van der Waals surface area contributed by atoms with Gasteiger partial charge in [0, 0.05) is 19.6 Å². The van der Waals surface area contributed by atoms with Crippen LogP contribution in [0.1, 0.15) is 27.7 Å². The van der Waals surface area contributed by atoms with Crippen LogP contribution < -0.4 is 11.1 Å². The molecule has 0 bridgehead atoms. The Hall–Kier alpha value is -1.10. The van der Waals surface area contributed by atoms with Crippen LogP contribution in [0.5, 0.6) is 0 Å². The summed E-state index contributed by atoms with van der Waals surface area (Å²) in [6.45, 7) is 8.45. The van der Waals surface area contributed by atoms with Gasteiger partial charge in [-0.2, -0.15) is 0 Å². The summed E-state index contributed by atoms with van der Waals surface area (Å²) < 4.78 is 0. The third kappa shape index (κ3) is 2.04. The van der Waals surface area contributed by atoms with Crippen LogP contribution in [-0.2, 0) is 9.59 Å². The van der Waals surface area contributed by atoms with Crippen molar-refractivity contribution in [2.75, 3.05) is 19.6 Å². The summed E-state index contributed by atoms with van der Waals surface area (Å²) in [5.74, 6) is -0.172. The molecule has 0 spiro atoms. The van der Waals surface area contributed by atoms with Gasteiger partial charge < -0.3 is 16.0 Å². The summed E-state index contributed by atoms with van der Waals surface area (Å²) in [5, 5.41) is 2.76. The Kier molecular flexibility index (Phi) is 3.28. The van der Waals surface area contributed by atoms with Gasteiger partial charge in [0.2, 0.25) is 11.8 Å². The van der Waals surface area contributed by atoms with E-state index in [1.807, 2.05) is 0 Å². The van der Waals surface area contributed by atoms with E-state index in [2.05, 4.69) is 5.32 Å². The van der Waals surface area contributed by atoms with Crippen molar-refractivity contribution in [3.63, 3.8) is 0 Å². The van der Waals surface area contributed by atoms with Crippen LogP contribution in [0.2, 0.25) is 0 Å². The number of hydrogen-bond acceptors (Lipinski definition) is 3. The monoisotopic (exact) mass is 227 g/mol. The van der Waals surface area contributed by atoms with E-state index in [0.717, 1.165) is 0 Å². The maximum atomic E-state index is 12.3. The molecule has 16 heavy (non-hydrogen) atoms. The van der Waals surface area contributed by atoms with E-state index in [0.29, 0.717) is 13.1 Å². The second-order valence-corrected chi connectivity index (χ2v) is 5.36. The van der Waals surface area contributed by atoms with Gasteiger partial charge in [-0.15, -0.1) is 0 Å². The molecular weight excluding hydrogens is 206 g/mol. The lowest BCUT2D eigenvalue weighted by Crippen LogP contribution is -2.65. The minimum absolute atomic E-state index is 0.0603. The number of nitrogens with two attached hydrogens (primary N) is 1. The van der Waals surface area contributed by atoms with Crippen LogP contribution in [0.15, 0.2) is 0 Å². The molecule has 0 atom stereocenters. The molecule has 1 saturated heterocycles. The molecule has 1 aliphatic rings. The van der Waals surface area contributed by atoms with Gasteiger partial charge in [0.1, 0.15) is 5.54 Å². The van der Waals surface area contributed by atoms with E-state index in [1.54, 1.807) is 32.6 Å². The highest BCUT2D eigenvalue weighted by Crippen LogP contribution is 2.25. The smallest absolute Gasteiger partial charge is 0.245 e. The average molecular weight is 227 g/mol. The highest BCUT2D eigenvalue weighted by Gasteiger charge is 2.44. The van der Waals surface area contributed by atoms with Crippen molar-refractivity contribution in [1.82, 2.24) is 10.2 Å². The molecule has 0 saturated carbocycles. The number of amides is 2. The maximum Gasteiger partial charge on any atom is 0.245 e. The molecule has 0 aliphatic carbocycles. The molecule has 0 aromatic rings. The second kappa shape index (κ2) is 4.05. The third-order valence-electron chi connectivity index (χ3n) is 3.19. The molecule has 1 rings (SSSR count). The summed E-state index contributed by atoms with van der Waals surface area (Å²) in [4.78, 5) is 25.6. The number of rotatable bonds is 2. The molecule has 0 unspecified atom stereocenters. The van der Waals surface area contributed by atoms with Crippen molar-refractivity contribution in [3.05, 3.63) is 0 Å². The fraction of sp³-hybridized carbons (Fsp3) is 0.818. The van der Waals surface area contributed by atoms with Crippen molar-refractivity contribution >= 4 is 11.8 Å². The number of nitrogens with zero attached hydrogens (tertiary/aromatic N) is 1. The highest BCUT2D eigenvalue weighted by molar-refractivity contribution is 5.93. The largest absolute Gasteiger partial charge is 0.352 e. The molecule has 5 nitrogen and oxygen atoms in total. The highest BCUT2D eigenvalue weighted by atomic mass is 16.2. The lowest BCUT2D eigenvalue weighted by atomic mass is 9.88. The predicted octanol–water partition coefficient (Wildman–Crippen LogP) is -0.292. The Labute approximate surface area is 96.4 Å². The lowest BCUT2D eigenvalue weighted by molar-refractivity contribution is -0.155. The molecule has 92 valence electrons. The minimum atomic E-state index is -0.790. The fourth-order valence-electron chi connectivity index (χ4n) is 1.71. The Balaban J connectivity index is 2.95. The Bertz CT molecular complexity index is 310. The first-order valence-electron chi connectivity index (χ1n) is 5.54. The topological polar surface area (TPSA) is 75.4 Å². The first-order chi connectivity index (χ1) is 7.23. The first-order valence-corrected chi connectivity index (χ1v) is 5.54. The molecule has 1 heterocycles. The van der Waals surface area contributed by atoms with Crippen molar-refractivity contribution in [3.8, 4) is 0 Å². The fourth-order valence-corrected chi connectivity index (χ4v) is 1.71. The number of piperazine rings is 1. The molecule has 0 radical (unpaired) electrons. The minimum Gasteiger partial charge on any atom is -0.352 e. The van der Waals surface area contributed by atoms with Gasteiger partial charge in [0.25, 0.3) is 0 Å². The molecule has 3 N–H and O–H groups in total. The molecule has 0 aromatic heterocycles. The number of carbonyl (C=O) groups is 2. The standard InChI is InChI=1S/C11H21N3O2/c1-10(2,7-12)9(16)14-6-5-13-8(15)11(14,3)4/h5-7,12H2,1-4H3,(H,13,15). The Morgan fingerprint density at radius 1 is 1.56 bits per heavy atom. The summed E-state index contributed by atoms with van der Waals surface area (Å²) in [6.07, 6.45) is 0. The van der Waals surface area contributed by atoms with E-state index in [-0.39, 0.29) is 18.4 Å². The van der Waals surface area contributed by atoms with Crippen LogP contribution in [0.4, 0.5) is 0 Å². The Morgan fingerprint density at radius 3 is 2.62 bits per heavy atom. The van der Waals surface area contributed by atoms with Crippen LogP contribution in [0.3, 0.4) is 0 Å².